The molecule has 3 nitrogen and oxygen atoms in total. The van der Waals surface area contributed by atoms with Crippen molar-refractivity contribution >= 4 is 44.8 Å². The number of hydrogen-bond donors (Lipinski definition) is 2. The average molecular weight is 369 g/mol. The number of nitrogens with one attached hydrogen (secondary N) is 1. The topological polar surface area (TPSA) is 41.5 Å². The highest BCUT2D eigenvalue weighted by Gasteiger charge is 2.21. The molecule has 1 aliphatic rings. The van der Waals surface area contributed by atoms with Gasteiger partial charge in [-0.25, -0.2) is 0 Å². The van der Waals surface area contributed by atoms with Crippen molar-refractivity contribution in [3.63, 3.8) is 0 Å². The molecule has 0 aromatic heterocycles. The number of benzene rings is 1. The van der Waals surface area contributed by atoms with Crippen molar-refractivity contribution in [1.29, 1.82) is 0 Å². The zero-order valence-corrected chi connectivity index (χ0v) is 13.4. The molecule has 1 fully saturated rings. The molecule has 1 saturated carbocycles. The Balaban J connectivity index is 1.77. The Morgan fingerprint density at radius 1 is 1.37 bits per heavy atom. The molecule has 19 heavy (non-hydrogen) atoms. The fourth-order valence-corrected chi connectivity index (χ4v) is 2.99. The smallest absolute Gasteiger partial charge is 0.0945 e. The normalized spacial score (nSPS) is 16.4. The maximum absolute atomic E-state index is 9.80. The van der Waals surface area contributed by atoms with Gasteiger partial charge in [-0.1, -0.05) is 39.1 Å². The molecule has 0 saturated heterocycles. The predicted octanol–water partition coefficient (Wildman–Crippen LogP) is 3.96. The van der Waals surface area contributed by atoms with E-state index in [0.717, 1.165) is 11.1 Å². The second-order valence-corrected chi connectivity index (χ2v) is 6.49. The van der Waals surface area contributed by atoms with Crippen LogP contribution in [0.1, 0.15) is 12.8 Å². The number of aliphatic hydroxyl groups is 1. The molecule has 0 bridgehead atoms. The molecule has 0 radical (unpaired) electrons. The Labute approximate surface area is 131 Å². The molecule has 0 heterocycles. The fourth-order valence-electron chi connectivity index (χ4n) is 1.65. The van der Waals surface area contributed by atoms with E-state index >= 15 is 0 Å². The van der Waals surface area contributed by atoms with Gasteiger partial charge in [0.15, 0.2) is 0 Å². The monoisotopic (exact) mass is 367 g/mol. The maximum atomic E-state index is 9.80. The lowest BCUT2D eigenvalue weighted by molar-refractivity contribution is 0.0386. The minimum atomic E-state index is -0.575. The molecule has 1 atom stereocenters. The minimum absolute atomic E-state index is 0.329. The number of anilines is 1. The van der Waals surface area contributed by atoms with Crippen LogP contribution in [0.2, 0.25) is 10.0 Å². The van der Waals surface area contributed by atoms with Crippen LogP contribution in [0.4, 0.5) is 5.69 Å². The minimum Gasteiger partial charge on any atom is -0.389 e. The van der Waals surface area contributed by atoms with Crippen molar-refractivity contribution in [2.24, 2.45) is 5.92 Å². The molecule has 1 unspecified atom stereocenters. The van der Waals surface area contributed by atoms with E-state index in [1.54, 1.807) is 12.1 Å². The van der Waals surface area contributed by atoms with Gasteiger partial charge < -0.3 is 15.2 Å². The van der Waals surface area contributed by atoms with Crippen molar-refractivity contribution in [3.8, 4) is 0 Å². The van der Waals surface area contributed by atoms with Crippen molar-refractivity contribution in [1.82, 2.24) is 0 Å². The second-order valence-electron chi connectivity index (χ2n) is 4.76. The largest absolute Gasteiger partial charge is 0.389 e. The quantitative estimate of drug-likeness (QED) is 0.765. The molecule has 0 amide bonds. The molecule has 106 valence electrons. The van der Waals surface area contributed by atoms with Crippen LogP contribution in [-0.2, 0) is 4.74 Å². The van der Waals surface area contributed by atoms with Gasteiger partial charge in [0.25, 0.3) is 0 Å². The molecule has 0 aliphatic heterocycles. The lowest BCUT2D eigenvalue weighted by Crippen LogP contribution is -2.25. The van der Waals surface area contributed by atoms with E-state index < -0.39 is 6.10 Å². The van der Waals surface area contributed by atoms with Gasteiger partial charge in [-0.05, 0) is 30.9 Å². The summed E-state index contributed by atoms with van der Waals surface area (Å²) in [6.45, 7) is 1.43. The van der Waals surface area contributed by atoms with Gasteiger partial charge in [0.2, 0.25) is 0 Å². The summed E-state index contributed by atoms with van der Waals surface area (Å²) in [5, 5.41) is 13.9. The molecular weight excluding hydrogens is 353 g/mol. The van der Waals surface area contributed by atoms with Gasteiger partial charge in [-0.2, -0.15) is 0 Å². The zero-order valence-electron chi connectivity index (χ0n) is 10.3. The van der Waals surface area contributed by atoms with Crippen molar-refractivity contribution < 1.29 is 9.84 Å². The van der Waals surface area contributed by atoms with E-state index in [9.17, 15) is 5.11 Å². The van der Waals surface area contributed by atoms with Crippen molar-refractivity contribution in [3.05, 3.63) is 26.7 Å². The number of aliphatic hydroxyl groups excluding tert-OH is 1. The van der Waals surface area contributed by atoms with Crippen LogP contribution in [0.5, 0.6) is 0 Å². The number of halogens is 3. The predicted molar refractivity (Wildman–Crippen MR) is 82.2 cm³/mol. The maximum Gasteiger partial charge on any atom is 0.0945 e. The van der Waals surface area contributed by atoms with E-state index in [-0.39, 0.29) is 0 Å². The van der Waals surface area contributed by atoms with E-state index in [4.69, 9.17) is 27.9 Å². The molecule has 2 rings (SSSR count). The van der Waals surface area contributed by atoms with Crippen LogP contribution in [0, 0.1) is 5.92 Å². The first-order valence-electron chi connectivity index (χ1n) is 6.20. The Morgan fingerprint density at radius 2 is 2.00 bits per heavy atom. The van der Waals surface area contributed by atoms with E-state index in [1.807, 2.05) is 0 Å². The summed E-state index contributed by atoms with van der Waals surface area (Å²) >= 11 is 15.5. The van der Waals surface area contributed by atoms with Gasteiger partial charge >= 0.3 is 0 Å². The van der Waals surface area contributed by atoms with Gasteiger partial charge in [0.05, 0.1) is 28.4 Å². The second kappa shape index (κ2) is 7.14. The van der Waals surface area contributed by atoms with Gasteiger partial charge in [0.1, 0.15) is 0 Å². The van der Waals surface area contributed by atoms with Crippen LogP contribution in [0.3, 0.4) is 0 Å². The fraction of sp³-hybridized carbons (Fsp3) is 0.538. The summed E-state index contributed by atoms with van der Waals surface area (Å²) in [7, 11) is 0. The molecule has 1 aromatic rings. The summed E-state index contributed by atoms with van der Waals surface area (Å²) in [6, 6.07) is 3.51. The Kier molecular flexibility index (Phi) is 5.78. The molecule has 1 aromatic carbocycles. The first kappa shape index (κ1) is 15.4. The van der Waals surface area contributed by atoms with E-state index in [2.05, 4.69) is 21.2 Å². The summed E-state index contributed by atoms with van der Waals surface area (Å²) in [4.78, 5) is 0. The summed E-state index contributed by atoms with van der Waals surface area (Å²) in [6.07, 6.45) is 1.92. The third-order valence-electron chi connectivity index (χ3n) is 2.88. The van der Waals surface area contributed by atoms with Crippen molar-refractivity contribution in [2.45, 2.75) is 18.9 Å². The third kappa shape index (κ3) is 5.12. The van der Waals surface area contributed by atoms with Crippen LogP contribution >= 0.6 is 39.1 Å². The molecule has 1 aliphatic carbocycles. The summed E-state index contributed by atoms with van der Waals surface area (Å²) in [5.41, 5.74) is 0.632. The summed E-state index contributed by atoms with van der Waals surface area (Å²) < 4.78 is 6.24. The Hall–Kier alpha value is -0.0000000000000000763. The number of rotatable bonds is 7. The Bertz CT molecular complexity index is 418. The molecule has 6 heteroatoms. The number of ether oxygens (including phenoxy) is 1. The lowest BCUT2D eigenvalue weighted by atomic mass is 10.3. The molecule has 2 N–H and O–H groups in total. The highest BCUT2D eigenvalue weighted by Crippen LogP contribution is 2.33. The lowest BCUT2D eigenvalue weighted by Gasteiger charge is -2.15. The first-order chi connectivity index (χ1) is 9.06. The molecule has 0 spiro atoms. The standard InChI is InChI=1S/C13H16BrCl2NO2/c14-9-3-11(15)13(12(16)4-9)17-5-10(18)7-19-6-8-1-2-8/h3-4,8,10,17-18H,1-2,5-7H2. The third-order valence-corrected chi connectivity index (χ3v) is 3.94. The van der Waals surface area contributed by atoms with Crippen LogP contribution in [0.15, 0.2) is 16.6 Å². The van der Waals surface area contributed by atoms with E-state index in [0.29, 0.717) is 34.8 Å². The van der Waals surface area contributed by atoms with E-state index in [1.165, 1.54) is 12.8 Å². The Morgan fingerprint density at radius 3 is 2.58 bits per heavy atom. The highest BCUT2D eigenvalue weighted by atomic mass is 79.9. The highest BCUT2D eigenvalue weighted by molar-refractivity contribution is 9.10. The van der Waals surface area contributed by atoms with Gasteiger partial charge in [-0.3, -0.25) is 0 Å². The number of hydrogen-bond acceptors (Lipinski definition) is 3. The molecular formula is C13H16BrCl2NO2. The van der Waals surface area contributed by atoms with Crippen LogP contribution < -0.4 is 5.32 Å². The zero-order chi connectivity index (χ0) is 13.8. The SMILES string of the molecule is OC(CNc1c(Cl)cc(Br)cc1Cl)COCC1CC1. The van der Waals surface area contributed by atoms with Gasteiger partial charge in [0, 0.05) is 17.6 Å². The first-order valence-corrected chi connectivity index (χ1v) is 7.75. The van der Waals surface area contributed by atoms with Crippen LogP contribution in [0.25, 0.3) is 0 Å². The average Bonchev–Trinajstić information content (AvgIpc) is 3.11. The van der Waals surface area contributed by atoms with Gasteiger partial charge in [-0.15, -0.1) is 0 Å². The van der Waals surface area contributed by atoms with Crippen LogP contribution in [-0.4, -0.2) is 31.0 Å². The van der Waals surface area contributed by atoms with Crippen molar-refractivity contribution in [2.75, 3.05) is 25.1 Å². The summed E-state index contributed by atoms with van der Waals surface area (Å²) in [5.74, 6) is 0.704.